The van der Waals surface area contributed by atoms with Crippen LogP contribution in [0.25, 0.3) is 0 Å². The first kappa shape index (κ1) is 14.8. The fourth-order valence-corrected chi connectivity index (χ4v) is 2.94. The van der Waals surface area contributed by atoms with E-state index in [2.05, 4.69) is 26.0 Å². The second kappa shape index (κ2) is 6.26. The average Bonchev–Trinajstić information content (AvgIpc) is 2.85. The van der Waals surface area contributed by atoms with Crippen molar-refractivity contribution in [1.29, 1.82) is 0 Å². The largest absolute Gasteiger partial charge is 0.453 e. The number of nitrogens with zero attached hydrogens (tertiary/aromatic N) is 1. The number of likely N-dealkylation sites (tertiary alicyclic amines) is 1. The van der Waals surface area contributed by atoms with Gasteiger partial charge in [-0.25, -0.2) is 4.79 Å². The second-order valence-corrected chi connectivity index (χ2v) is 5.81. The molecule has 6 heteroatoms. The smallest absolute Gasteiger partial charge is 0.407 e. The summed E-state index contributed by atoms with van der Waals surface area (Å²) in [5.74, 6) is -0.0106. The Hall–Kier alpha value is -1.56. The third-order valence-electron chi connectivity index (χ3n) is 3.27. The molecule has 0 bridgehead atoms. The Bertz CT molecular complexity index is 513. The zero-order chi connectivity index (χ0) is 14.7. The van der Waals surface area contributed by atoms with Crippen LogP contribution in [0.5, 0.6) is 0 Å². The van der Waals surface area contributed by atoms with Gasteiger partial charge >= 0.3 is 6.09 Å². The minimum absolute atomic E-state index is 0.0106. The van der Waals surface area contributed by atoms with Crippen LogP contribution in [0.2, 0.25) is 0 Å². The number of halogens is 1. The molecule has 0 spiro atoms. The van der Waals surface area contributed by atoms with Gasteiger partial charge in [-0.05, 0) is 37.1 Å². The van der Waals surface area contributed by atoms with E-state index in [1.165, 1.54) is 7.11 Å². The molecule has 2 amide bonds. The standard InChI is InChI=1S/C14H17BrN2O3/c1-9-5-10(7-11(15)6-9)13(18)17-4-3-12(8-17)16-14(19)20-2/h5-7,12H,3-4,8H2,1-2H3,(H,16,19). The summed E-state index contributed by atoms with van der Waals surface area (Å²) in [6.45, 7) is 3.10. The van der Waals surface area contributed by atoms with E-state index in [4.69, 9.17) is 0 Å². The molecular formula is C14H17BrN2O3. The number of nitrogens with one attached hydrogen (secondary N) is 1. The Morgan fingerprint density at radius 2 is 2.15 bits per heavy atom. The number of amides is 2. The van der Waals surface area contributed by atoms with Crippen LogP contribution in [0.3, 0.4) is 0 Å². The van der Waals surface area contributed by atoms with Gasteiger partial charge in [0.1, 0.15) is 0 Å². The molecular weight excluding hydrogens is 324 g/mol. The van der Waals surface area contributed by atoms with E-state index in [0.29, 0.717) is 18.7 Å². The molecule has 1 atom stereocenters. The molecule has 0 radical (unpaired) electrons. The number of hydrogen-bond donors (Lipinski definition) is 1. The molecule has 0 aromatic heterocycles. The van der Waals surface area contributed by atoms with Gasteiger partial charge in [0.25, 0.3) is 5.91 Å². The van der Waals surface area contributed by atoms with Gasteiger partial charge in [-0.1, -0.05) is 15.9 Å². The van der Waals surface area contributed by atoms with Crippen LogP contribution in [0.1, 0.15) is 22.3 Å². The molecule has 1 saturated heterocycles. The Morgan fingerprint density at radius 1 is 1.40 bits per heavy atom. The summed E-state index contributed by atoms with van der Waals surface area (Å²) < 4.78 is 5.46. The monoisotopic (exact) mass is 340 g/mol. The van der Waals surface area contributed by atoms with E-state index < -0.39 is 6.09 Å². The van der Waals surface area contributed by atoms with Crippen molar-refractivity contribution in [3.8, 4) is 0 Å². The summed E-state index contributed by atoms with van der Waals surface area (Å²) in [5.41, 5.74) is 1.70. The van der Waals surface area contributed by atoms with Crippen LogP contribution in [-0.2, 0) is 4.74 Å². The molecule has 1 aliphatic rings. The molecule has 20 heavy (non-hydrogen) atoms. The van der Waals surface area contributed by atoms with Gasteiger partial charge in [0, 0.05) is 23.1 Å². The highest BCUT2D eigenvalue weighted by Crippen LogP contribution is 2.19. The number of hydrogen-bond acceptors (Lipinski definition) is 3. The van der Waals surface area contributed by atoms with Crippen molar-refractivity contribution in [3.63, 3.8) is 0 Å². The molecule has 1 fully saturated rings. The highest BCUT2D eigenvalue weighted by molar-refractivity contribution is 9.10. The van der Waals surface area contributed by atoms with Gasteiger partial charge < -0.3 is 15.0 Å². The first-order valence-corrected chi connectivity index (χ1v) is 7.20. The minimum Gasteiger partial charge on any atom is -0.453 e. The van der Waals surface area contributed by atoms with Crippen LogP contribution >= 0.6 is 15.9 Å². The average molecular weight is 341 g/mol. The van der Waals surface area contributed by atoms with Crippen LogP contribution < -0.4 is 5.32 Å². The van der Waals surface area contributed by atoms with Gasteiger partial charge in [0.2, 0.25) is 0 Å². The number of carbonyl (C=O) groups excluding carboxylic acids is 2. The highest BCUT2D eigenvalue weighted by atomic mass is 79.9. The predicted molar refractivity (Wildman–Crippen MR) is 78.7 cm³/mol. The van der Waals surface area contributed by atoms with E-state index in [0.717, 1.165) is 16.5 Å². The lowest BCUT2D eigenvalue weighted by Crippen LogP contribution is -2.38. The first-order valence-electron chi connectivity index (χ1n) is 6.40. The minimum atomic E-state index is -0.456. The molecule has 1 aromatic rings. The van der Waals surface area contributed by atoms with Gasteiger partial charge in [0.05, 0.1) is 13.2 Å². The third kappa shape index (κ3) is 3.50. The molecule has 2 rings (SSSR count). The number of alkyl carbamates (subject to hydrolysis) is 1. The van der Waals surface area contributed by atoms with Gasteiger partial charge in [-0.3, -0.25) is 4.79 Å². The Kier molecular flexibility index (Phi) is 4.65. The highest BCUT2D eigenvalue weighted by Gasteiger charge is 2.28. The molecule has 0 aliphatic carbocycles. The molecule has 1 N–H and O–H groups in total. The van der Waals surface area contributed by atoms with Crippen LogP contribution in [0.15, 0.2) is 22.7 Å². The molecule has 5 nitrogen and oxygen atoms in total. The summed E-state index contributed by atoms with van der Waals surface area (Å²) in [4.78, 5) is 25.3. The van der Waals surface area contributed by atoms with Crippen molar-refractivity contribution < 1.29 is 14.3 Å². The van der Waals surface area contributed by atoms with Crippen molar-refractivity contribution in [2.75, 3.05) is 20.2 Å². The van der Waals surface area contributed by atoms with Crippen molar-refractivity contribution in [2.45, 2.75) is 19.4 Å². The molecule has 1 heterocycles. The lowest BCUT2D eigenvalue weighted by atomic mass is 10.1. The van der Waals surface area contributed by atoms with E-state index in [9.17, 15) is 9.59 Å². The quantitative estimate of drug-likeness (QED) is 0.898. The number of carbonyl (C=O) groups is 2. The topological polar surface area (TPSA) is 58.6 Å². The van der Waals surface area contributed by atoms with Crippen LogP contribution in [0.4, 0.5) is 4.79 Å². The fraction of sp³-hybridized carbons (Fsp3) is 0.429. The van der Waals surface area contributed by atoms with Crippen molar-refractivity contribution in [3.05, 3.63) is 33.8 Å². The van der Waals surface area contributed by atoms with Gasteiger partial charge in [-0.2, -0.15) is 0 Å². The maximum Gasteiger partial charge on any atom is 0.407 e. The molecule has 1 aliphatic heterocycles. The Labute approximate surface area is 126 Å². The SMILES string of the molecule is COC(=O)NC1CCN(C(=O)c2cc(C)cc(Br)c2)C1. The number of benzene rings is 1. The van der Waals surface area contributed by atoms with E-state index in [-0.39, 0.29) is 11.9 Å². The maximum absolute atomic E-state index is 12.4. The van der Waals surface area contributed by atoms with Crippen LogP contribution in [-0.4, -0.2) is 43.1 Å². The summed E-state index contributed by atoms with van der Waals surface area (Å²) in [5, 5.41) is 2.72. The number of ether oxygens (including phenoxy) is 1. The lowest BCUT2D eigenvalue weighted by molar-refractivity contribution is 0.0788. The Balaban J connectivity index is 2.02. The summed E-state index contributed by atoms with van der Waals surface area (Å²) in [6, 6.07) is 5.60. The van der Waals surface area contributed by atoms with E-state index >= 15 is 0 Å². The number of rotatable bonds is 2. The van der Waals surface area contributed by atoms with Crippen LogP contribution in [0, 0.1) is 6.92 Å². The lowest BCUT2D eigenvalue weighted by Gasteiger charge is -2.17. The normalized spacial score (nSPS) is 17.9. The first-order chi connectivity index (χ1) is 9.49. The maximum atomic E-state index is 12.4. The molecule has 1 unspecified atom stereocenters. The summed E-state index contributed by atoms with van der Waals surface area (Å²) >= 11 is 3.40. The summed E-state index contributed by atoms with van der Waals surface area (Å²) in [6.07, 6.45) is 0.288. The molecule has 108 valence electrons. The van der Waals surface area contributed by atoms with Gasteiger partial charge in [-0.15, -0.1) is 0 Å². The third-order valence-corrected chi connectivity index (χ3v) is 3.73. The number of aryl methyl sites for hydroxylation is 1. The predicted octanol–water partition coefficient (Wildman–Crippen LogP) is 2.33. The van der Waals surface area contributed by atoms with Crippen molar-refractivity contribution in [1.82, 2.24) is 10.2 Å². The van der Waals surface area contributed by atoms with E-state index in [1.54, 1.807) is 4.90 Å². The second-order valence-electron chi connectivity index (χ2n) is 4.89. The Morgan fingerprint density at radius 3 is 2.80 bits per heavy atom. The van der Waals surface area contributed by atoms with Gasteiger partial charge in [0.15, 0.2) is 0 Å². The molecule has 0 saturated carbocycles. The fourth-order valence-electron chi connectivity index (χ4n) is 2.33. The zero-order valence-electron chi connectivity index (χ0n) is 11.5. The zero-order valence-corrected chi connectivity index (χ0v) is 13.1. The van der Waals surface area contributed by atoms with E-state index in [1.807, 2.05) is 25.1 Å². The molecule has 1 aromatic carbocycles. The summed E-state index contributed by atoms with van der Waals surface area (Å²) in [7, 11) is 1.33. The van der Waals surface area contributed by atoms with Crippen molar-refractivity contribution in [2.24, 2.45) is 0 Å². The number of methoxy groups -OCH3 is 1. The van der Waals surface area contributed by atoms with Crippen molar-refractivity contribution >= 4 is 27.9 Å².